The maximum Gasteiger partial charge on any atom is 0.338 e. The van der Waals surface area contributed by atoms with Gasteiger partial charge in [-0.1, -0.05) is 18.2 Å². The monoisotopic (exact) mass is 406 g/mol. The third kappa shape index (κ3) is 3.84. The Morgan fingerprint density at radius 2 is 1.75 bits per heavy atom. The second kappa shape index (κ2) is 7.46. The van der Waals surface area contributed by atoms with E-state index in [4.69, 9.17) is 18.9 Å². The molecule has 2 aromatic rings. The van der Waals surface area contributed by atoms with Crippen LogP contribution in [0.2, 0.25) is 0 Å². The lowest BCUT2D eigenvalue weighted by atomic mass is 10.1. The largest absolute Gasteiger partial charge is 0.469 e. The minimum atomic E-state index is -3.55. The molecule has 0 radical (unpaired) electrons. The number of carbonyl (C=O) groups is 1. The van der Waals surface area contributed by atoms with Crippen LogP contribution in [0.5, 0.6) is 5.88 Å². The van der Waals surface area contributed by atoms with E-state index < -0.39 is 40.2 Å². The van der Waals surface area contributed by atoms with E-state index in [1.54, 1.807) is 24.3 Å². The quantitative estimate of drug-likeness (QED) is 0.521. The lowest BCUT2D eigenvalue weighted by Gasteiger charge is -2.17. The molecule has 28 heavy (non-hydrogen) atoms. The molecule has 2 aliphatic heterocycles. The minimum Gasteiger partial charge on any atom is -0.469 e. The molecule has 1 aromatic carbocycles. The number of esters is 1. The molecule has 1 aromatic heterocycles. The maximum absolute atomic E-state index is 12.3. The summed E-state index contributed by atoms with van der Waals surface area (Å²) in [5.41, 5.74) is 0.450. The number of fused-ring (bicyclic) bond motifs is 1. The normalized spacial score (nSPS) is 26.6. The number of sulfone groups is 1. The number of benzene rings is 1. The van der Waals surface area contributed by atoms with Crippen LogP contribution in [0.3, 0.4) is 0 Å². The second-order valence-electron chi connectivity index (χ2n) is 6.51. The number of rotatable bonds is 5. The van der Waals surface area contributed by atoms with Crippen LogP contribution in [-0.4, -0.2) is 68.2 Å². The van der Waals surface area contributed by atoms with Gasteiger partial charge in [0.05, 0.1) is 18.8 Å². The molecule has 0 amide bonds. The van der Waals surface area contributed by atoms with Gasteiger partial charge in [-0.15, -0.1) is 0 Å². The number of carbonyl (C=O) groups excluding carboxylic acids is 1. The summed E-state index contributed by atoms with van der Waals surface area (Å²) in [6.07, 6.45) is 0.355. The van der Waals surface area contributed by atoms with E-state index in [2.05, 4.69) is 9.97 Å². The van der Waals surface area contributed by atoms with Crippen molar-refractivity contribution in [3.63, 3.8) is 0 Å². The van der Waals surface area contributed by atoms with Gasteiger partial charge in [0.1, 0.15) is 12.2 Å². The van der Waals surface area contributed by atoms with Gasteiger partial charge in [-0.05, 0) is 12.1 Å². The Balaban J connectivity index is 1.41. The lowest BCUT2D eigenvalue weighted by molar-refractivity contribution is -0.0192. The van der Waals surface area contributed by atoms with E-state index in [1.165, 1.54) is 12.3 Å². The number of hydrogen-bond donors (Lipinski definition) is 0. The Kier molecular flexibility index (Phi) is 5.00. The highest BCUT2D eigenvalue weighted by molar-refractivity contribution is 7.90. The zero-order valence-electron chi connectivity index (χ0n) is 14.9. The lowest BCUT2D eigenvalue weighted by Crippen LogP contribution is -2.36. The first-order valence-electron chi connectivity index (χ1n) is 8.61. The molecule has 10 heteroatoms. The van der Waals surface area contributed by atoms with Crippen molar-refractivity contribution < 1.29 is 32.2 Å². The van der Waals surface area contributed by atoms with Crippen LogP contribution >= 0.6 is 0 Å². The van der Waals surface area contributed by atoms with Crippen LogP contribution in [-0.2, 0) is 24.0 Å². The molecule has 148 valence electrons. The van der Waals surface area contributed by atoms with Gasteiger partial charge in [-0.2, -0.15) is 4.98 Å². The number of hydrogen-bond acceptors (Lipinski definition) is 9. The van der Waals surface area contributed by atoms with Crippen molar-refractivity contribution in [3.05, 3.63) is 48.2 Å². The SMILES string of the molecule is CS(=O)(=O)c1nccc(O[C@H]2COC3[C@@H](OC(=O)c4ccccc4)CO[C@@H]32)n1. The first-order valence-corrected chi connectivity index (χ1v) is 10.5. The van der Waals surface area contributed by atoms with Crippen LogP contribution in [0.25, 0.3) is 0 Å². The smallest absolute Gasteiger partial charge is 0.338 e. The summed E-state index contributed by atoms with van der Waals surface area (Å²) in [7, 11) is -3.55. The van der Waals surface area contributed by atoms with Gasteiger partial charge in [0.25, 0.3) is 0 Å². The highest BCUT2D eigenvalue weighted by Gasteiger charge is 2.51. The van der Waals surface area contributed by atoms with Crippen molar-refractivity contribution in [3.8, 4) is 5.88 Å². The van der Waals surface area contributed by atoms with Crippen LogP contribution in [0.1, 0.15) is 10.4 Å². The fourth-order valence-electron chi connectivity index (χ4n) is 3.14. The van der Waals surface area contributed by atoms with Crippen molar-refractivity contribution in [1.29, 1.82) is 0 Å². The molecule has 9 nitrogen and oxygen atoms in total. The van der Waals surface area contributed by atoms with Crippen molar-refractivity contribution in [2.75, 3.05) is 19.5 Å². The van der Waals surface area contributed by atoms with E-state index in [1.807, 2.05) is 6.07 Å². The van der Waals surface area contributed by atoms with Crippen molar-refractivity contribution in [2.45, 2.75) is 29.6 Å². The van der Waals surface area contributed by atoms with Crippen LogP contribution in [0.4, 0.5) is 0 Å². The summed E-state index contributed by atoms with van der Waals surface area (Å²) in [4.78, 5) is 19.9. The van der Waals surface area contributed by atoms with Crippen LogP contribution in [0.15, 0.2) is 47.8 Å². The van der Waals surface area contributed by atoms with Crippen molar-refractivity contribution in [2.24, 2.45) is 0 Å². The molecule has 1 unspecified atom stereocenters. The van der Waals surface area contributed by atoms with E-state index in [-0.39, 0.29) is 24.3 Å². The fourth-order valence-corrected chi connectivity index (χ4v) is 3.64. The summed E-state index contributed by atoms with van der Waals surface area (Å²) in [6.45, 7) is 0.388. The second-order valence-corrected chi connectivity index (χ2v) is 8.42. The molecule has 4 atom stereocenters. The molecule has 2 fully saturated rings. The zero-order chi connectivity index (χ0) is 19.7. The minimum absolute atomic E-state index is 0.109. The molecule has 0 aliphatic carbocycles. The van der Waals surface area contributed by atoms with Gasteiger partial charge >= 0.3 is 5.97 Å². The Hall–Kier alpha value is -2.56. The number of nitrogens with zero attached hydrogens (tertiary/aromatic N) is 2. The van der Waals surface area contributed by atoms with Crippen molar-refractivity contribution in [1.82, 2.24) is 9.97 Å². The Bertz CT molecular complexity index is 967. The van der Waals surface area contributed by atoms with E-state index in [0.717, 1.165) is 6.26 Å². The first kappa shape index (κ1) is 18.8. The third-order valence-electron chi connectivity index (χ3n) is 4.44. The predicted octanol–water partition coefficient (Wildman–Crippen LogP) is 0.651. The highest BCUT2D eigenvalue weighted by Crippen LogP contribution is 2.31. The van der Waals surface area contributed by atoms with E-state index >= 15 is 0 Å². The maximum atomic E-state index is 12.3. The summed E-state index contributed by atoms with van der Waals surface area (Å²) in [5.74, 6) is -0.339. The van der Waals surface area contributed by atoms with Gasteiger partial charge in [0, 0.05) is 18.5 Å². The molecule has 0 bridgehead atoms. The Morgan fingerprint density at radius 1 is 1.07 bits per heavy atom. The average molecular weight is 406 g/mol. The van der Waals surface area contributed by atoms with Gasteiger partial charge in [0.2, 0.25) is 20.9 Å². The molecular formula is C18H18N2O7S. The predicted molar refractivity (Wildman–Crippen MR) is 94.7 cm³/mol. The number of aromatic nitrogens is 2. The zero-order valence-corrected chi connectivity index (χ0v) is 15.7. The summed E-state index contributed by atoms with van der Waals surface area (Å²) in [5, 5.41) is -0.317. The standard InChI is InChI=1S/C18H18N2O7S/c1-28(22,23)18-19-8-7-14(20-18)26-12-9-24-16-13(10-25-15(12)16)27-17(21)11-5-3-2-4-6-11/h2-8,12-13,15-16H,9-10H2,1H3/t12-,13-,15+,16?/m0/s1. The number of ether oxygens (including phenoxy) is 4. The van der Waals surface area contributed by atoms with Crippen LogP contribution < -0.4 is 4.74 Å². The first-order chi connectivity index (χ1) is 13.4. The van der Waals surface area contributed by atoms with Crippen molar-refractivity contribution >= 4 is 15.8 Å². The topological polar surface area (TPSA) is 114 Å². The van der Waals surface area contributed by atoms with Crippen LogP contribution in [0, 0.1) is 0 Å². The fraction of sp³-hybridized carbons (Fsp3) is 0.389. The Morgan fingerprint density at radius 3 is 2.46 bits per heavy atom. The summed E-state index contributed by atoms with van der Waals surface area (Å²) >= 11 is 0. The molecule has 0 saturated carbocycles. The molecule has 2 saturated heterocycles. The average Bonchev–Trinajstić information content (AvgIpc) is 3.26. The molecule has 3 heterocycles. The summed E-state index contributed by atoms with van der Waals surface area (Å²) in [6, 6.07) is 10.1. The molecule has 0 N–H and O–H groups in total. The molecule has 4 rings (SSSR count). The van der Waals surface area contributed by atoms with E-state index in [9.17, 15) is 13.2 Å². The van der Waals surface area contributed by atoms with Gasteiger partial charge in [-0.3, -0.25) is 0 Å². The Labute approximate surface area is 161 Å². The highest BCUT2D eigenvalue weighted by atomic mass is 32.2. The summed E-state index contributed by atoms with van der Waals surface area (Å²) < 4.78 is 45.9. The van der Waals surface area contributed by atoms with E-state index in [0.29, 0.717) is 5.56 Å². The third-order valence-corrected chi connectivity index (χ3v) is 5.30. The van der Waals surface area contributed by atoms with Gasteiger partial charge in [0.15, 0.2) is 12.2 Å². The van der Waals surface area contributed by atoms with Gasteiger partial charge in [-0.25, -0.2) is 18.2 Å². The molecule has 0 spiro atoms. The van der Waals surface area contributed by atoms with Gasteiger partial charge < -0.3 is 18.9 Å². The molecular weight excluding hydrogens is 388 g/mol. The molecule has 2 aliphatic rings.